The van der Waals surface area contributed by atoms with Crippen molar-refractivity contribution in [2.24, 2.45) is 0 Å². The first-order valence-electron chi connectivity index (χ1n) is 6.77. The minimum absolute atomic E-state index is 0. The van der Waals surface area contributed by atoms with Crippen molar-refractivity contribution < 1.29 is 0 Å². The fourth-order valence-corrected chi connectivity index (χ4v) is 3.18. The summed E-state index contributed by atoms with van der Waals surface area (Å²) < 4.78 is 0. The van der Waals surface area contributed by atoms with Crippen LogP contribution in [0.3, 0.4) is 0 Å². The Labute approximate surface area is 165 Å². The summed E-state index contributed by atoms with van der Waals surface area (Å²) >= 11 is 0. The molecule has 0 aliphatic carbocycles. The number of hydrogen-bond donors (Lipinski definition) is 0. The highest BCUT2D eigenvalue weighted by molar-refractivity contribution is 8.93. The van der Waals surface area contributed by atoms with Crippen molar-refractivity contribution >= 4 is 53.1 Å². The van der Waals surface area contributed by atoms with Crippen LogP contribution in [0.4, 0.5) is 0 Å². The van der Waals surface area contributed by atoms with E-state index in [1.54, 1.807) is 0 Å². The molecule has 122 valence electrons. The Bertz CT molecular complexity index is 577. The van der Waals surface area contributed by atoms with Crippen molar-refractivity contribution in [3.05, 3.63) is 108 Å². The molecule has 2 unspecified atom stereocenters. The predicted molar refractivity (Wildman–Crippen MR) is 121 cm³/mol. The van der Waals surface area contributed by atoms with Gasteiger partial charge in [-0.25, -0.2) is 0 Å². The van der Waals surface area contributed by atoms with E-state index < -0.39 is 0 Å². The third kappa shape index (κ3) is 4.74. The van der Waals surface area contributed by atoms with E-state index in [0.29, 0.717) is 0 Å². The second-order valence-corrected chi connectivity index (χ2v) is 5.77. The summed E-state index contributed by atoms with van der Waals surface area (Å²) in [7, 11) is 3.06. The van der Waals surface area contributed by atoms with Crippen molar-refractivity contribution in [1.82, 2.24) is 0 Å². The van der Waals surface area contributed by atoms with Gasteiger partial charge < -0.3 is 0 Å². The molecule has 0 saturated heterocycles. The summed E-state index contributed by atoms with van der Waals surface area (Å²) in [6.07, 6.45) is 0. The van der Waals surface area contributed by atoms with Gasteiger partial charge >= 0.3 is 0 Å². The third-order valence-corrected chi connectivity index (χ3v) is 4.69. The van der Waals surface area contributed by atoms with E-state index in [4.69, 9.17) is 0 Å². The van der Waals surface area contributed by atoms with Gasteiger partial charge in [-0.2, -0.15) is 9.90 Å². The van der Waals surface area contributed by atoms with E-state index in [1.165, 1.54) is 16.7 Å². The van der Waals surface area contributed by atoms with Gasteiger partial charge in [0.2, 0.25) is 0 Å². The van der Waals surface area contributed by atoms with Crippen molar-refractivity contribution in [2.45, 2.75) is 5.16 Å². The summed E-state index contributed by atoms with van der Waals surface area (Å²) in [5.74, 6) is 0. The maximum absolute atomic E-state index is 3.06. The highest BCUT2D eigenvalue weighted by Gasteiger charge is 2.30. The van der Waals surface area contributed by atoms with Gasteiger partial charge in [0.1, 0.15) is 0 Å². The van der Waals surface area contributed by atoms with Gasteiger partial charge in [-0.3, -0.25) is 0 Å². The summed E-state index contributed by atoms with van der Waals surface area (Å²) in [6, 6.07) is 31.9. The molecule has 3 aromatic rings. The predicted octanol–water partition coefficient (Wildman–Crippen LogP) is 6.07. The van der Waals surface area contributed by atoms with Crippen LogP contribution in [0.15, 0.2) is 91.0 Å². The van der Waals surface area contributed by atoms with Gasteiger partial charge in [-0.15, -0.1) is 43.2 Å². The number of halogens is 2. The zero-order valence-electron chi connectivity index (χ0n) is 12.8. The summed E-state index contributed by atoms with van der Waals surface area (Å²) in [4.78, 5) is 0. The molecular formula is C19H22Br2P2. The summed E-state index contributed by atoms with van der Waals surface area (Å²) in [5, 5.41) is -0.205. The van der Waals surface area contributed by atoms with Crippen LogP contribution in [0.1, 0.15) is 16.7 Å². The van der Waals surface area contributed by atoms with Crippen LogP contribution in [0, 0.1) is 0 Å². The second kappa shape index (κ2) is 10.4. The van der Waals surface area contributed by atoms with Gasteiger partial charge in [-0.05, 0) is 16.7 Å². The molecule has 0 saturated carbocycles. The van der Waals surface area contributed by atoms with Gasteiger partial charge in [0, 0.05) is 0 Å². The lowest BCUT2D eigenvalue weighted by atomic mass is 9.84. The zero-order chi connectivity index (χ0) is 13.8. The molecule has 0 radical (unpaired) electrons. The van der Waals surface area contributed by atoms with E-state index in [9.17, 15) is 0 Å². The Kier molecular flexibility index (Phi) is 10.1. The van der Waals surface area contributed by atoms with Gasteiger partial charge in [0.15, 0.2) is 0 Å². The molecule has 0 fully saturated rings. The smallest absolute Gasteiger partial charge is 0.0591 e. The minimum Gasteiger partial charge on any atom is -0.153 e. The lowest BCUT2D eigenvalue weighted by Crippen LogP contribution is -2.21. The van der Waals surface area contributed by atoms with E-state index in [-0.39, 0.29) is 49.0 Å². The molecule has 2 atom stereocenters. The summed E-state index contributed by atoms with van der Waals surface area (Å²) in [5.41, 5.74) is 3.84. The monoisotopic (exact) mass is 470 g/mol. The number of rotatable bonds is 3. The average Bonchev–Trinajstić information content (AvgIpc) is 2.56. The fourth-order valence-electron chi connectivity index (χ4n) is 2.60. The lowest BCUT2D eigenvalue weighted by molar-refractivity contribution is 0.897. The third-order valence-electron chi connectivity index (χ3n) is 3.69. The van der Waals surface area contributed by atoms with Crippen LogP contribution < -0.4 is 0 Å². The first-order valence-corrected chi connectivity index (χ1v) is 7.35. The first kappa shape index (κ1) is 22.5. The average molecular weight is 472 g/mol. The topological polar surface area (TPSA) is 0 Å². The van der Waals surface area contributed by atoms with E-state index in [1.807, 2.05) is 0 Å². The van der Waals surface area contributed by atoms with Crippen LogP contribution in [0.25, 0.3) is 0 Å². The standard InChI is InChI=1S/C19H17P.2BrH.H3P/c20-19(16-10-4-1-5-11-16,17-12-6-2-7-13-17)18-14-8-3-9-15-18;;;/h1-15H,20H2;2*1H;1H3. The first-order chi connectivity index (χ1) is 9.82. The summed E-state index contributed by atoms with van der Waals surface area (Å²) in [6.45, 7) is 0. The largest absolute Gasteiger partial charge is 0.153 e. The lowest BCUT2D eigenvalue weighted by Gasteiger charge is -2.31. The molecule has 0 aliphatic rings. The van der Waals surface area contributed by atoms with Crippen LogP contribution in [-0.2, 0) is 5.16 Å². The second-order valence-electron chi connectivity index (χ2n) is 4.91. The van der Waals surface area contributed by atoms with E-state index >= 15 is 0 Å². The molecular weight excluding hydrogens is 450 g/mol. The Hall–Kier alpha value is -0.520. The van der Waals surface area contributed by atoms with Crippen LogP contribution in [0.5, 0.6) is 0 Å². The molecule has 0 heterocycles. The Morgan fingerprint density at radius 2 is 0.696 bits per heavy atom. The van der Waals surface area contributed by atoms with Gasteiger partial charge in [0.05, 0.1) is 5.16 Å². The Morgan fingerprint density at radius 1 is 0.478 bits per heavy atom. The SMILES string of the molecule is Br.Br.P.PC(c1ccccc1)(c1ccccc1)c1ccccc1. The van der Waals surface area contributed by atoms with Crippen LogP contribution in [-0.4, -0.2) is 0 Å². The molecule has 0 amide bonds. The Balaban J connectivity index is 0.00000161. The zero-order valence-corrected chi connectivity index (χ0v) is 18.8. The van der Waals surface area contributed by atoms with Crippen molar-refractivity contribution in [3.8, 4) is 0 Å². The molecule has 0 nitrogen and oxygen atoms in total. The number of hydrogen-bond acceptors (Lipinski definition) is 0. The minimum atomic E-state index is -0.205. The van der Waals surface area contributed by atoms with Crippen LogP contribution in [0.2, 0.25) is 0 Å². The highest BCUT2D eigenvalue weighted by Crippen LogP contribution is 2.44. The quantitative estimate of drug-likeness (QED) is 0.321. The van der Waals surface area contributed by atoms with E-state index in [2.05, 4.69) is 100 Å². The molecule has 0 aromatic heterocycles. The molecule has 4 heteroatoms. The molecule has 0 bridgehead atoms. The van der Waals surface area contributed by atoms with Gasteiger partial charge in [0.25, 0.3) is 0 Å². The Morgan fingerprint density at radius 3 is 0.913 bits per heavy atom. The molecule has 0 N–H and O–H groups in total. The van der Waals surface area contributed by atoms with Crippen molar-refractivity contribution in [1.29, 1.82) is 0 Å². The van der Waals surface area contributed by atoms with Crippen molar-refractivity contribution in [3.63, 3.8) is 0 Å². The molecule has 3 rings (SSSR count). The molecule has 3 aromatic carbocycles. The normalized spacial score (nSPS) is 9.78. The molecule has 0 spiro atoms. The van der Waals surface area contributed by atoms with Gasteiger partial charge in [-0.1, -0.05) is 91.0 Å². The molecule has 0 aliphatic heterocycles. The van der Waals surface area contributed by atoms with Crippen molar-refractivity contribution in [2.75, 3.05) is 0 Å². The van der Waals surface area contributed by atoms with Crippen LogP contribution >= 0.6 is 53.1 Å². The number of benzene rings is 3. The molecule has 23 heavy (non-hydrogen) atoms. The maximum atomic E-state index is 3.06. The highest BCUT2D eigenvalue weighted by atomic mass is 79.9. The van der Waals surface area contributed by atoms with E-state index in [0.717, 1.165) is 0 Å². The fraction of sp³-hybridized carbons (Fsp3) is 0.0526. The maximum Gasteiger partial charge on any atom is 0.0591 e.